The molecule has 1 aromatic heterocycles. The fraction of sp³-hybridized carbons (Fsp3) is 0.0741. The molecule has 34 heavy (non-hydrogen) atoms. The van der Waals surface area contributed by atoms with Gasteiger partial charge in [-0.3, -0.25) is 19.8 Å². The van der Waals surface area contributed by atoms with Crippen LogP contribution in [0.1, 0.15) is 16.8 Å². The van der Waals surface area contributed by atoms with Crippen LogP contribution in [0.2, 0.25) is 0 Å². The first-order chi connectivity index (χ1) is 16.4. The lowest BCUT2D eigenvalue weighted by atomic mass is 10.0. The minimum atomic E-state index is -0.498. The van der Waals surface area contributed by atoms with E-state index in [1.165, 1.54) is 10.5 Å². The number of carbonyl (C=O) groups is 2. The zero-order chi connectivity index (χ0) is 23.8. The molecule has 0 bridgehead atoms. The summed E-state index contributed by atoms with van der Waals surface area (Å²) in [4.78, 5) is 27.7. The number of hydrogen-bond donors (Lipinski definition) is 1. The number of benzene rings is 3. The average molecular weight is 530 g/mol. The van der Waals surface area contributed by atoms with Gasteiger partial charge in [0.1, 0.15) is 5.57 Å². The molecule has 4 aromatic rings. The van der Waals surface area contributed by atoms with Crippen molar-refractivity contribution in [2.45, 2.75) is 13.5 Å². The molecule has 3 aromatic carbocycles. The highest BCUT2D eigenvalue weighted by Gasteiger charge is 2.35. The first-order valence-corrected chi connectivity index (χ1v) is 11.9. The molecule has 1 aliphatic heterocycles. The van der Waals surface area contributed by atoms with Crippen LogP contribution in [0.15, 0.2) is 88.9 Å². The van der Waals surface area contributed by atoms with E-state index in [-0.39, 0.29) is 10.7 Å². The molecule has 0 unspecified atom stereocenters. The second-order valence-corrected chi connectivity index (χ2v) is 9.32. The fourth-order valence-corrected chi connectivity index (χ4v) is 4.78. The average Bonchev–Trinajstić information content (AvgIpc) is 3.09. The quantitative estimate of drug-likeness (QED) is 0.213. The summed E-state index contributed by atoms with van der Waals surface area (Å²) in [5.41, 5.74) is 4.66. The third-order valence-electron chi connectivity index (χ3n) is 5.94. The van der Waals surface area contributed by atoms with E-state index in [9.17, 15) is 9.59 Å². The molecule has 168 valence electrons. The Labute approximate surface area is 210 Å². The molecule has 0 spiro atoms. The predicted molar refractivity (Wildman–Crippen MR) is 143 cm³/mol. The molecule has 5 rings (SSSR count). The molecule has 0 radical (unpaired) electrons. The molecule has 1 fully saturated rings. The Hall–Kier alpha value is -3.55. The molecule has 1 aliphatic rings. The molecule has 0 atom stereocenters. The van der Waals surface area contributed by atoms with Gasteiger partial charge in [-0.1, -0.05) is 64.5 Å². The van der Waals surface area contributed by atoms with Gasteiger partial charge in [-0.25, -0.2) is 0 Å². The number of hydrogen-bond acceptors (Lipinski definition) is 3. The first kappa shape index (κ1) is 22.3. The number of fused-ring (bicyclic) bond motifs is 1. The van der Waals surface area contributed by atoms with Crippen molar-refractivity contribution in [3.05, 3.63) is 106 Å². The third kappa shape index (κ3) is 3.97. The zero-order valence-corrected chi connectivity index (χ0v) is 20.7. The Morgan fingerprint density at radius 2 is 1.62 bits per heavy atom. The monoisotopic (exact) mass is 529 g/mol. The summed E-state index contributed by atoms with van der Waals surface area (Å²) in [5.74, 6) is -0.946. The van der Waals surface area contributed by atoms with Gasteiger partial charge < -0.3 is 4.57 Å². The van der Waals surface area contributed by atoms with Gasteiger partial charge in [0.2, 0.25) is 0 Å². The Balaban J connectivity index is 1.61. The molecule has 2 heterocycles. The molecule has 0 aliphatic carbocycles. The topological polar surface area (TPSA) is 54.3 Å². The lowest BCUT2D eigenvalue weighted by Gasteiger charge is -2.29. The van der Waals surface area contributed by atoms with Crippen LogP contribution in [-0.2, 0) is 16.1 Å². The van der Waals surface area contributed by atoms with E-state index < -0.39 is 11.8 Å². The summed E-state index contributed by atoms with van der Waals surface area (Å²) in [6.07, 6.45) is 1.68. The molecular formula is C27H20BrN3O2S. The predicted octanol–water partition coefficient (Wildman–Crippen LogP) is 5.59. The zero-order valence-electron chi connectivity index (χ0n) is 18.3. The van der Waals surface area contributed by atoms with Crippen molar-refractivity contribution in [2.75, 3.05) is 4.90 Å². The second kappa shape index (κ2) is 9.00. The number of para-hydroxylation sites is 1. The number of anilines is 1. The Bertz CT molecular complexity index is 1470. The highest BCUT2D eigenvalue weighted by Crippen LogP contribution is 2.30. The molecule has 5 nitrogen and oxygen atoms in total. The molecule has 0 saturated carbocycles. The number of nitrogens with zero attached hydrogens (tertiary/aromatic N) is 2. The van der Waals surface area contributed by atoms with Gasteiger partial charge in [0.05, 0.1) is 5.69 Å². The van der Waals surface area contributed by atoms with Crippen molar-refractivity contribution in [3.8, 4) is 0 Å². The van der Waals surface area contributed by atoms with E-state index in [1.807, 2.05) is 55.5 Å². The van der Waals surface area contributed by atoms with E-state index in [0.717, 1.165) is 26.6 Å². The highest BCUT2D eigenvalue weighted by molar-refractivity contribution is 9.10. The lowest BCUT2D eigenvalue weighted by Crippen LogP contribution is -2.54. The number of nitrogens with one attached hydrogen (secondary N) is 1. The Morgan fingerprint density at radius 1 is 0.941 bits per heavy atom. The van der Waals surface area contributed by atoms with E-state index in [0.29, 0.717) is 12.2 Å². The molecule has 7 heteroatoms. The summed E-state index contributed by atoms with van der Waals surface area (Å²) in [6, 6.07) is 25.4. The number of amides is 2. The van der Waals surface area contributed by atoms with Crippen LogP contribution in [0.4, 0.5) is 5.69 Å². The van der Waals surface area contributed by atoms with Crippen LogP contribution >= 0.6 is 28.1 Å². The van der Waals surface area contributed by atoms with Gasteiger partial charge >= 0.3 is 0 Å². The maximum atomic E-state index is 13.5. The van der Waals surface area contributed by atoms with Gasteiger partial charge in [0, 0.05) is 33.2 Å². The molecule has 1 N–H and O–H groups in total. The van der Waals surface area contributed by atoms with Crippen LogP contribution in [0.5, 0.6) is 0 Å². The van der Waals surface area contributed by atoms with Crippen molar-refractivity contribution in [1.29, 1.82) is 0 Å². The Kier molecular flexibility index (Phi) is 5.89. The minimum absolute atomic E-state index is 0.0437. The summed E-state index contributed by atoms with van der Waals surface area (Å²) in [7, 11) is 0. The van der Waals surface area contributed by atoms with Crippen molar-refractivity contribution in [1.82, 2.24) is 9.88 Å². The number of rotatable bonds is 4. The van der Waals surface area contributed by atoms with Gasteiger partial charge in [-0.2, -0.15) is 0 Å². The first-order valence-electron chi connectivity index (χ1n) is 10.7. The summed E-state index contributed by atoms with van der Waals surface area (Å²) >= 11 is 8.73. The minimum Gasteiger partial charge on any atom is -0.340 e. The molecule has 1 saturated heterocycles. The van der Waals surface area contributed by atoms with E-state index >= 15 is 0 Å². The fourth-order valence-electron chi connectivity index (χ4n) is 4.24. The van der Waals surface area contributed by atoms with Crippen molar-refractivity contribution < 1.29 is 9.59 Å². The van der Waals surface area contributed by atoms with Crippen LogP contribution in [0.3, 0.4) is 0 Å². The second-order valence-electron chi connectivity index (χ2n) is 8.02. The van der Waals surface area contributed by atoms with Gasteiger partial charge in [-0.15, -0.1) is 0 Å². The smallest absolute Gasteiger partial charge is 0.270 e. The lowest BCUT2D eigenvalue weighted by molar-refractivity contribution is -0.122. The van der Waals surface area contributed by atoms with E-state index in [4.69, 9.17) is 12.2 Å². The van der Waals surface area contributed by atoms with Crippen LogP contribution in [-0.4, -0.2) is 21.5 Å². The van der Waals surface area contributed by atoms with Crippen LogP contribution < -0.4 is 10.2 Å². The van der Waals surface area contributed by atoms with Gasteiger partial charge in [0.15, 0.2) is 5.11 Å². The number of thiocarbonyl (C=S) groups is 1. The number of aromatic nitrogens is 1. The standard InChI is InChI=1S/C27H20BrN3O2S/c1-17-22(21-9-5-6-10-24(21)30(17)16-18-7-3-2-4-8-18)15-23-25(32)29-27(34)31(26(23)33)20-13-11-19(28)12-14-20/h2-15H,16H2,1H3,(H,29,32,34)/b23-15+. The van der Waals surface area contributed by atoms with Crippen molar-refractivity contribution in [3.63, 3.8) is 0 Å². The maximum Gasteiger partial charge on any atom is 0.270 e. The molecular weight excluding hydrogens is 510 g/mol. The SMILES string of the molecule is Cc1c(/C=C2\C(=O)NC(=S)N(c3ccc(Br)cc3)C2=O)c2ccccc2n1Cc1ccccc1. The van der Waals surface area contributed by atoms with Crippen LogP contribution in [0, 0.1) is 6.92 Å². The normalized spacial score (nSPS) is 15.3. The van der Waals surface area contributed by atoms with Crippen molar-refractivity contribution in [2.24, 2.45) is 0 Å². The number of carbonyl (C=O) groups excluding carboxylic acids is 2. The van der Waals surface area contributed by atoms with Gasteiger partial charge in [-0.05, 0) is 61.1 Å². The maximum absolute atomic E-state index is 13.5. The van der Waals surface area contributed by atoms with E-state index in [2.05, 4.69) is 44.0 Å². The Morgan fingerprint density at radius 3 is 2.35 bits per heavy atom. The largest absolute Gasteiger partial charge is 0.340 e. The highest BCUT2D eigenvalue weighted by atomic mass is 79.9. The van der Waals surface area contributed by atoms with Gasteiger partial charge in [0.25, 0.3) is 11.8 Å². The summed E-state index contributed by atoms with van der Waals surface area (Å²) < 4.78 is 3.09. The van der Waals surface area contributed by atoms with Crippen molar-refractivity contribution >= 4 is 67.7 Å². The summed E-state index contributed by atoms with van der Waals surface area (Å²) in [6.45, 7) is 2.70. The summed E-state index contributed by atoms with van der Waals surface area (Å²) in [5, 5.41) is 3.71. The molecule has 2 amide bonds. The van der Waals surface area contributed by atoms with E-state index in [1.54, 1.807) is 18.2 Å². The van der Waals surface area contributed by atoms with Crippen LogP contribution in [0.25, 0.3) is 17.0 Å². The third-order valence-corrected chi connectivity index (χ3v) is 6.75. The number of halogens is 1.